The molecule has 0 heterocycles. The van der Waals surface area contributed by atoms with Crippen LogP contribution in [-0.2, 0) is 11.3 Å². The maximum atomic E-state index is 9.53. The number of aliphatic hydroxyl groups is 1. The minimum absolute atomic E-state index is 0.346. The monoisotopic (exact) mass is 239 g/mol. The molecule has 0 fully saturated rings. The average Bonchev–Trinajstić information content (AvgIpc) is 2.37. The van der Waals surface area contributed by atoms with Crippen molar-refractivity contribution >= 4 is 0 Å². The highest BCUT2D eigenvalue weighted by Gasteiger charge is 2.03. The molecule has 0 saturated carbocycles. The largest absolute Gasteiger partial charge is 0.497 e. The van der Waals surface area contributed by atoms with Crippen LogP contribution in [-0.4, -0.2) is 38.0 Å². The minimum Gasteiger partial charge on any atom is -0.497 e. The topological polar surface area (TPSA) is 50.7 Å². The second kappa shape index (κ2) is 8.06. The van der Waals surface area contributed by atoms with Gasteiger partial charge in [-0.15, -0.1) is 0 Å². The van der Waals surface area contributed by atoms with Crippen LogP contribution in [0.3, 0.4) is 0 Å². The molecule has 0 spiro atoms. The number of likely N-dealkylation sites (N-methyl/N-ethyl adjacent to an activating group) is 1. The highest BCUT2D eigenvalue weighted by molar-refractivity contribution is 5.26. The van der Waals surface area contributed by atoms with Crippen molar-refractivity contribution in [3.05, 3.63) is 29.8 Å². The Morgan fingerprint density at radius 3 is 2.59 bits per heavy atom. The molecule has 96 valence electrons. The van der Waals surface area contributed by atoms with Crippen molar-refractivity contribution in [1.29, 1.82) is 0 Å². The van der Waals surface area contributed by atoms with E-state index in [0.717, 1.165) is 17.9 Å². The first-order chi connectivity index (χ1) is 8.26. The molecule has 1 aromatic rings. The van der Waals surface area contributed by atoms with Gasteiger partial charge in [-0.05, 0) is 24.2 Å². The van der Waals surface area contributed by atoms with Gasteiger partial charge in [0.15, 0.2) is 0 Å². The molecule has 0 aliphatic carbocycles. The molecule has 0 aromatic heterocycles. The van der Waals surface area contributed by atoms with E-state index < -0.39 is 6.10 Å². The van der Waals surface area contributed by atoms with E-state index in [1.165, 1.54) is 0 Å². The van der Waals surface area contributed by atoms with Gasteiger partial charge in [-0.25, -0.2) is 0 Å². The van der Waals surface area contributed by atoms with Gasteiger partial charge in [-0.1, -0.05) is 19.1 Å². The summed E-state index contributed by atoms with van der Waals surface area (Å²) in [5, 5.41) is 12.6. The molecule has 0 radical (unpaired) electrons. The van der Waals surface area contributed by atoms with Crippen molar-refractivity contribution in [3.63, 3.8) is 0 Å². The van der Waals surface area contributed by atoms with E-state index in [2.05, 4.69) is 5.32 Å². The Hall–Kier alpha value is -1.10. The first-order valence-corrected chi connectivity index (χ1v) is 5.85. The molecule has 2 N–H and O–H groups in total. The maximum Gasteiger partial charge on any atom is 0.118 e. The fraction of sp³-hybridized carbons (Fsp3) is 0.538. The third-order valence-corrected chi connectivity index (χ3v) is 2.37. The van der Waals surface area contributed by atoms with Gasteiger partial charge in [0.25, 0.3) is 0 Å². The van der Waals surface area contributed by atoms with Crippen molar-refractivity contribution in [2.45, 2.75) is 19.6 Å². The van der Waals surface area contributed by atoms with E-state index >= 15 is 0 Å². The molecule has 17 heavy (non-hydrogen) atoms. The van der Waals surface area contributed by atoms with E-state index in [1.54, 1.807) is 7.11 Å². The first kappa shape index (κ1) is 14.0. The van der Waals surface area contributed by atoms with Crippen LogP contribution < -0.4 is 10.1 Å². The smallest absolute Gasteiger partial charge is 0.118 e. The Labute approximate surface area is 103 Å². The number of nitrogens with one attached hydrogen (secondary N) is 1. The summed E-state index contributed by atoms with van der Waals surface area (Å²) in [6.45, 7) is 4.28. The zero-order valence-electron chi connectivity index (χ0n) is 10.5. The maximum absolute atomic E-state index is 9.53. The van der Waals surface area contributed by atoms with Crippen LogP contribution in [0.25, 0.3) is 0 Å². The normalized spacial score (nSPS) is 12.4. The van der Waals surface area contributed by atoms with Crippen molar-refractivity contribution in [1.82, 2.24) is 5.32 Å². The molecule has 0 aliphatic heterocycles. The number of hydrogen-bond acceptors (Lipinski definition) is 4. The molecule has 0 unspecified atom stereocenters. The summed E-state index contributed by atoms with van der Waals surface area (Å²) >= 11 is 0. The van der Waals surface area contributed by atoms with Crippen LogP contribution >= 0.6 is 0 Å². The molecule has 0 amide bonds. The summed E-state index contributed by atoms with van der Waals surface area (Å²) in [7, 11) is 1.64. The molecule has 0 bridgehead atoms. The summed E-state index contributed by atoms with van der Waals surface area (Å²) in [5.74, 6) is 0.834. The zero-order valence-corrected chi connectivity index (χ0v) is 10.5. The van der Waals surface area contributed by atoms with Crippen LogP contribution in [0.4, 0.5) is 0 Å². The Bertz CT molecular complexity index is 300. The van der Waals surface area contributed by atoms with Crippen molar-refractivity contribution in [3.8, 4) is 5.75 Å². The lowest BCUT2D eigenvalue weighted by Gasteiger charge is -2.11. The molecule has 1 rings (SSSR count). The highest BCUT2D eigenvalue weighted by atomic mass is 16.5. The van der Waals surface area contributed by atoms with Crippen molar-refractivity contribution < 1.29 is 14.6 Å². The Morgan fingerprint density at radius 1 is 1.29 bits per heavy atom. The number of rotatable bonds is 8. The molecule has 1 atom stereocenters. The highest BCUT2D eigenvalue weighted by Crippen LogP contribution is 2.11. The number of methoxy groups -OCH3 is 1. The van der Waals surface area contributed by atoms with Gasteiger partial charge in [0.1, 0.15) is 5.75 Å². The molecular formula is C13H21NO3. The number of aliphatic hydroxyl groups excluding tert-OH is 1. The third kappa shape index (κ3) is 5.68. The fourth-order valence-corrected chi connectivity index (χ4v) is 1.40. The fourth-order valence-electron chi connectivity index (χ4n) is 1.40. The number of ether oxygens (including phenoxy) is 2. The van der Waals surface area contributed by atoms with Crippen LogP contribution in [0.15, 0.2) is 24.3 Å². The van der Waals surface area contributed by atoms with E-state index in [4.69, 9.17) is 9.47 Å². The summed E-state index contributed by atoms with van der Waals surface area (Å²) in [4.78, 5) is 0. The SMILES string of the molecule is CCNC[C@H](O)COCc1ccc(OC)cc1. The van der Waals surface area contributed by atoms with Crippen LogP contribution in [0.2, 0.25) is 0 Å². The summed E-state index contributed by atoms with van der Waals surface area (Å²) in [5.41, 5.74) is 1.07. The summed E-state index contributed by atoms with van der Waals surface area (Å²) < 4.78 is 10.5. The van der Waals surface area contributed by atoms with Gasteiger partial charge in [0, 0.05) is 6.54 Å². The first-order valence-electron chi connectivity index (χ1n) is 5.85. The Morgan fingerprint density at radius 2 is 2.00 bits per heavy atom. The molecular weight excluding hydrogens is 218 g/mol. The van der Waals surface area contributed by atoms with Crippen LogP contribution in [0, 0.1) is 0 Å². The second-order valence-corrected chi connectivity index (χ2v) is 3.82. The molecule has 1 aromatic carbocycles. The summed E-state index contributed by atoms with van der Waals surface area (Å²) in [6.07, 6.45) is -0.451. The summed E-state index contributed by atoms with van der Waals surface area (Å²) in [6, 6.07) is 7.70. The van der Waals surface area contributed by atoms with Gasteiger partial charge in [-0.2, -0.15) is 0 Å². The van der Waals surface area contributed by atoms with E-state index in [1.807, 2.05) is 31.2 Å². The second-order valence-electron chi connectivity index (χ2n) is 3.82. The molecule has 0 aliphatic rings. The Balaban J connectivity index is 2.21. The minimum atomic E-state index is -0.451. The van der Waals surface area contributed by atoms with Gasteiger partial charge < -0.3 is 19.9 Å². The zero-order chi connectivity index (χ0) is 12.5. The molecule has 4 nitrogen and oxygen atoms in total. The van der Waals surface area contributed by atoms with Crippen molar-refractivity contribution in [2.24, 2.45) is 0 Å². The van der Waals surface area contributed by atoms with Gasteiger partial charge in [-0.3, -0.25) is 0 Å². The van der Waals surface area contributed by atoms with Gasteiger partial charge >= 0.3 is 0 Å². The van der Waals surface area contributed by atoms with Gasteiger partial charge in [0.05, 0.1) is 26.4 Å². The third-order valence-electron chi connectivity index (χ3n) is 2.37. The molecule has 0 saturated heterocycles. The van der Waals surface area contributed by atoms with Crippen molar-refractivity contribution in [2.75, 3.05) is 26.8 Å². The lowest BCUT2D eigenvalue weighted by Crippen LogP contribution is -2.30. The predicted molar refractivity (Wildman–Crippen MR) is 67.2 cm³/mol. The quantitative estimate of drug-likeness (QED) is 0.715. The lowest BCUT2D eigenvalue weighted by atomic mass is 10.2. The predicted octanol–water partition coefficient (Wildman–Crippen LogP) is 1.18. The van der Waals surface area contributed by atoms with E-state index in [9.17, 15) is 5.11 Å². The standard InChI is InChI=1S/C13H21NO3/c1-3-14-8-12(15)10-17-9-11-4-6-13(16-2)7-5-11/h4-7,12,14-15H,3,8-10H2,1-2H3/t12-/m0/s1. The van der Waals surface area contributed by atoms with Crippen LogP contribution in [0.1, 0.15) is 12.5 Å². The van der Waals surface area contributed by atoms with E-state index in [0.29, 0.717) is 19.8 Å². The van der Waals surface area contributed by atoms with Gasteiger partial charge in [0.2, 0.25) is 0 Å². The average molecular weight is 239 g/mol. The Kier molecular flexibility index (Phi) is 6.62. The number of hydrogen-bond donors (Lipinski definition) is 2. The lowest BCUT2D eigenvalue weighted by molar-refractivity contribution is 0.0291. The van der Waals surface area contributed by atoms with Crippen LogP contribution in [0.5, 0.6) is 5.75 Å². The number of benzene rings is 1. The van der Waals surface area contributed by atoms with E-state index in [-0.39, 0.29) is 0 Å². The molecule has 4 heteroatoms.